The molecule has 2 aromatic carbocycles. The van der Waals surface area contributed by atoms with Crippen LogP contribution in [0.5, 0.6) is 5.75 Å². The van der Waals surface area contributed by atoms with Crippen LogP contribution < -0.4 is 27.3 Å². The van der Waals surface area contributed by atoms with Gasteiger partial charge in [0.25, 0.3) is 17.7 Å². The largest absolute Gasteiger partial charge is 0.496 e. The van der Waals surface area contributed by atoms with Crippen molar-refractivity contribution in [3.63, 3.8) is 0 Å². The van der Waals surface area contributed by atoms with Crippen LogP contribution in [0.15, 0.2) is 47.0 Å². The van der Waals surface area contributed by atoms with Gasteiger partial charge in [-0.1, -0.05) is 12.1 Å². The summed E-state index contributed by atoms with van der Waals surface area (Å²) in [5, 5.41) is 2.47. The van der Waals surface area contributed by atoms with Crippen LogP contribution in [0, 0.1) is 11.6 Å². The molecule has 2 fully saturated rings. The van der Waals surface area contributed by atoms with E-state index in [0.29, 0.717) is 13.2 Å². The fourth-order valence-corrected chi connectivity index (χ4v) is 4.57. The number of carbonyl (C=O) groups excluding carboxylic acids is 2. The highest BCUT2D eigenvalue weighted by Crippen LogP contribution is 2.33. The summed E-state index contributed by atoms with van der Waals surface area (Å²) in [6, 6.07) is 5.45. The molecule has 1 unspecified atom stereocenters. The number of hydrogen-bond acceptors (Lipinski definition) is 7. The predicted molar refractivity (Wildman–Crippen MR) is 142 cm³/mol. The van der Waals surface area contributed by atoms with Crippen molar-refractivity contribution < 1.29 is 36.6 Å². The van der Waals surface area contributed by atoms with Gasteiger partial charge in [0.1, 0.15) is 34.8 Å². The van der Waals surface area contributed by atoms with E-state index in [1.165, 1.54) is 25.3 Å². The molecule has 2 aliphatic rings. The SMILES string of the molecule is COc1ccc(F)cc1C(=O)NCc1ccc(C(N)=C(C(N)=O)C(N)=NC2CN(C3COC3)CCC2(F)F)cc1F. The van der Waals surface area contributed by atoms with E-state index in [4.69, 9.17) is 26.7 Å². The van der Waals surface area contributed by atoms with Crippen molar-refractivity contribution in [2.45, 2.75) is 31.0 Å². The fourth-order valence-electron chi connectivity index (χ4n) is 4.57. The zero-order valence-electron chi connectivity index (χ0n) is 22.1. The Morgan fingerprint density at radius 1 is 1.15 bits per heavy atom. The molecule has 2 aliphatic heterocycles. The summed E-state index contributed by atoms with van der Waals surface area (Å²) in [6.07, 6.45) is -0.453. The smallest absolute Gasteiger partial charge is 0.272 e. The van der Waals surface area contributed by atoms with Gasteiger partial charge in [0.15, 0.2) is 0 Å². The molecule has 0 spiro atoms. The zero-order chi connectivity index (χ0) is 29.9. The molecule has 2 aromatic rings. The summed E-state index contributed by atoms with van der Waals surface area (Å²) < 4.78 is 68.1. The second-order valence-corrected chi connectivity index (χ2v) is 9.71. The van der Waals surface area contributed by atoms with Crippen LogP contribution >= 0.6 is 0 Å². The molecule has 10 nitrogen and oxygen atoms in total. The number of piperidine rings is 1. The molecule has 0 aromatic heterocycles. The van der Waals surface area contributed by atoms with Crippen LogP contribution in [0.3, 0.4) is 0 Å². The third-order valence-electron chi connectivity index (χ3n) is 7.04. The summed E-state index contributed by atoms with van der Waals surface area (Å²) >= 11 is 0. The molecule has 0 aliphatic carbocycles. The predicted octanol–water partition coefficient (Wildman–Crippen LogP) is 1.52. The quantitative estimate of drug-likeness (QED) is 0.152. The normalized spacial score (nSPS) is 20.1. The Labute approximate surface area is 233 Å². The number of carbonyl (C=O) groups is 2. The molecule has 220 valence electrons. The summed E-state index contributed by atoms with van der Waals surface area (Å²) in [5.41, 5.74) is 16.6. The monoisotopic (exact) mass is 578 g/mol. The summed E-state index contributed by atoms with van der Waals surface area (Å²) in [5.74, 6) is -6.94. The lowest BCUT2D eigenvalue weighted by Gasteiger charge is -2.43. The van der Waals surface area contributed by atoms with Crippen LogP contribution in [0.2, 0.25) is 0 Å². The molecule has 7 N–H and O–H groups in total. The average Bonchev–Trinajstić information content (AvgIpc) is 2.88. The van der Waals surface area contributed by atoms with Crippen molar-refractivity contribution in [3.05, 3.63) is 70.3 Å². The van der Waals surface area contributed by atoms with Gasteiger partial charge in [-0.3, -0.25) is 19.5 Å². The Morgan fingerprint density at radius 2 is 1.88 bits per heavy atom. The van der Waals surface area contributed by atoms with E-state index in [9.17, 15) is 27.2 Å². The third kappa shape index (κ3) is 6.60. The molecule has 1 atom stereocenters. The van der Waals surface area contributed by atoms with Gasteiger partial charge in [-0.2, -0.15) is 0 Å². The molecule has 4 rings (SSSR count). The maximum Gasteiger partial charge on any atom is 0.272 e. The van der Waals surface area contributed by atoms with E-state index in [-0.39, 0.29) is 53.8 Å². The molecule has 0 radical (unpaired) electrons. The summed E-state index contributed by atoms with van der Waals surface area (Å²) in [4.78, 5) is 30.5. The lowest BCUT2D eigenvalue weighted by molar-refractivity contribution is -0.121. The number of methoxy groups -OCH3 is 1. The lowest BCUT2D eigenvalue weighted by Crippen LogP contribution is -2.58. The highest BCUT2D eigenvalue weighted by atomic mass is 19.3. The van der Waals surface area contributed by atoms with Crippen molar-refractivity contribution in [2.24, 2.45) is 22.2 Å². The standard InChI is InChI=1S/C27H30F4N6O4/c1-40-20-5-4-16(28)9-18(20)26(39)35-10-15-3-2-14(8-19(15)29)23(32)22(25(34)38)24(33)36-21-11-37(17-12-41-13-17)7-6-27(21,30)31/h2-5,8-9,17,21H,6-7,10-13,32H2,1H3,(H2,33,36)(H2,34,38)(H,35,39). The summed E-state index contributed by atoms with van der Waals surface area (Å²) in [6.45, 7) is 0.641. The van der Waals surface area contributed by atoms with Crippen LogP contribution in [-0.2, 0) is 16.1 Å². The first-order valence-corrected chi connectivity index (χ1v) is 12.6. The van der Waals surface area contributed by atoms with Crippen LogP contribution in [0.25, 0.3) is 5.70 Å². The van der Waals surface area contributed by atoms with Gasteiger partial charge in [0, 0.05) is 37.2 Å². The molecule has 2 amide bonds. The van der Waals surface area contributed by atoms with Crippen LogP contribution in [-0.4, -0.2) is 74.0 Å². The minimum absolute atomic E-state index is 0.00316. The van der Waals surface area contributed by atoms with Gasteiger partial charge < -0.3 is 32.0 Å². The van der Waals surface area contributed by atoms with Gasteiger partial charge in [0.05, 0.1) is 37.6 Å². The van der Waals surface area contributed by atoms with Crippen molar-refractivity contribution in [1.29, 1.82) is 0 Å². The van der Waals surface area contributed by atoms with E-state index in [0.717, 1.165) is 18.2 Å². The van der Waals surface area contributed by atoms with Crippen molar-refractivity contribution in [1.82, 2.24) is 10.2 Å². The first-order valence-electron chi connectivity index (χ1n) is 12.6. The number of amides is 2. The fraction of sp³-hybridized carbons (Fsp3) is 0.370. The van der Waals surface area contributed by atoms with Gasteiger partial charge in [-0.25, -0.2) is 17.6 Å². The first-order chi connectivity index (χ1) is 19.4. The van der Waals surface area contributed by atoms with Crippen molar-refractivity contribution >= 4 is 23.3 Å². The van der Waals surface area contributed by atoms with Gasteiger partial charge in [-0.05, 0) is 24.3 Å². The number of nitrogens with two attached hydrogens (primary N) is 3. The Bertz CT molecular complexity index is 1400. The average molecular weight is 579 g/mol. The number of alkyl halides is 2. The number of halogens is 4. The third-order valence-corrected chi connectivity index (χ3v) is 7.04. The highest BCUT2D eigenvalue weighted by Gasteiger charge is 2.46. The van der Waals surface area contributed by atoms with Gasteiger partial charge in [0.2, 0.25) is 0 Å². The number of nitrogens with one attached hydrogen (secondary N) is 1. The molecular weight excluding hydrogens is 548 g/mol. The number of amidine groups is 1. The maximum absolute atomic E-state index is 15.0. The zero-order valence-corrected chi connectivity index (χ0v) is 22.1. The number of likely N-dealkylation sites (tertiary alicyclic amines) is 1. The molecule has 14 heteroatoms. The number of ether oxygens (including phenoxy) is 2. The van der Waals surface area contributed by atoms with E-state index >= 15 is 0 Å². The topological polar surface area (TPSA) is 158 Å². The number of rotatable bonds is 9. The molecule has 0 bridgehead atoms. The minimum Gasteiger partial charge on any atom is -0.496 e. The minimum atomic E-state index is -3.18. The van der Waals surface area contributed by atoms with Crippen LogP contribution in [0.1, 0.15) is 27.9 Å². The van der Waals surface area contributed by atoms with Gasteiger partial charge >= 0.3 is 0 Å². The number of nitrogens with zero attached hydrogens (tertiary/aromatic N) is 2. The Balaban J connectivity index is 1.54. The van der Waals surface area contributed by atoms with E-state index in [1.54, 1.807) is 0 Å². The van der Waals surface area contributed by atoms with E-state index < -0.39 is 53.2 Å². The Kier molecular flexibility index (Phi) is 8.83. The molecule has 2 saturated heterocycles. The molecule has 41 heavy (non-hydrogen) atoms. The number of benzene rings is 2. The Morgan fingerprint density at radius 3 is 2.49 bits per heavy atom. The Hall–Kier alpha value is -4.17. The molecule has 2 heterocycles. The number of aliphatic imine (C=N–C) groups is 1. The van der Waals surface area contributed by atoms with E-state index in [2.05, 4.69) is 10.3 Å². The second-order valence-electron chi connectivity index (χ2n) is 9.71. The summed E-state index contributed by atoms with van der Waals surface area (Å²) in [7, 11) is 1.32. The lowest BCUT2D eigenvalue weighted by atomic mass is 9.98. The first kappa shape index (κ1) is 29.8. The van der Waals surface area contributed by atoms with Gasteiger partial charge in [-0.15, -0.1) is 0 Å². The second kappa shape index (κ2) is 12.1. The van der Waals surface area contributed by atoms with Crippen LogP contribution in [0.4, 0.5) is 17.6 Å². The maximum atomic E-state index is 15.0. The molecule has 0 saturated carbocycles. The van der Waals surface area contributed by atoms with E-state index in [1.807, 2.05) is 4.90 Å². The number of hydrogen-bond donors (Lipinski definition) is 4. The highest BCUT2D eigenvalue weighted by molar-refractivity contribution is 6.24. The molecular formula is C27H30F4N6O4. The number of primary amides is 1. The van der Waals surface area contributed by atoms with Crippen molar-refractivity contribution in [3.8, 4) is 5.75 Å². The van der Waals surface area contributed by atoms with Crippen molar-refractivity contribution in [2.75, 3.05) is 33.4 Å².